The molecule has 0 aromatic rings. The zero-order chi connectivity index (χ0) is 18.4. The fraction of sp³-hybridized carbons (Fsp3) is 0.667. The van der Waals surface area contributed by atoms with Gasteiger partial charge in [-0.3, -0.25) is 0 Å². The molecule has 0 aliphatic rings. The predicted molar refractivity (Wildman–Crippen MR) is 112 cm³/mol. The first-order valence-corrected chi connectivity index (χ1v) is 9.87. The molecule has 0 heteroatoms. The molecule has 0 aliphatic carbocycles. The number of rotatable bonds is 13. The highest BCUT2D eigenvalue weighted by Gasteiger charge is 2.12. The van der Waals surface area contributed by atoms with Gasteiger partial charge in [-0.25, -0.2) is 0 Å². The Labute approximate surface area is 152 Å². The van der Waals surface area contributed by atoms with Gasteiger partial charge < -0.3 is 0 Å². The van der Waals surface area contributed by atoms with Crippen molar-refractivity contribution in [3.05, 3.63) is 49.1 Å². The highest BCUT2D eigenvalue weighted by atomic mass is 14.2. The Morgan fingerprint density at radius 2 is 1.67 bits per heavy atom. The second kappa shape index (κ2) is 13.3. The van der Waals surface area contributed by atoms with Crippen LogP contribution in [0.1, 0.15) is 86.0 Å². The summed E-state index contributed by atoms with van der Waals surface area (Å²) >= 11 is 0. The van der Waals surface area contributed by atoms with E-state index in [-0.39, 0.29) is 5.41 Å². The molecule has 0 nitrogen and oxygen atoms in total. The van der Waals surface area contributed by atoms with E-state index in [0.29, 0.717) is 11.8 Å². The average molecular weight is 331 g/mol. The Balaban J connectivity index is 4.38. The van der Waals surface area contributed by atoms with Crippen molar-refractivity contribution >= 4 is 0 Å². The van der Waals surface area contributed by atoms with Crippen LogP contribution in [0.3, 0.4) is 0 Å². The van der Waals surface area contributed by atoms with Crippen LogP contribution in [0.25, 0.3) is 0 Å². The molecule has 0 bridgehead atoms. The third-order valence-electron chi connectivity index (χ3n) is 4.23. The van der Waals surface area contributed by atoms with Crippen molar-refractivity contribution in [1.29, 1.82) is 0 Å². The van der Waals surface area contributed by atoms with Crippen molar-refractivity contribution in [1.82, 2.24) is 0 Å². The molecule has 0 heterocycles. The predicted octanol–water partition coefficient (Wildman–Crippen LogP) is 8.28. The van der Waals surface area contributed by atoms with Crippen molar-refractivity contribution in [2.45, 2.75) is 86.0 Å². The lowest BCUT2D eigenvalue weighted by Crippen LogP contribution is -2.05. The van der Waals surface area contributed by atoms with Gasteiger partial charge >= 0.3 is 0 Å². The van der Waals surface area contributed by atoms with Crippen molar-refractivity contribution in [3.8, 4) is 0 Å². The fourth-order valence-electron chi connectivity index (χ4n) is 3.05. The van der Waals surface area contributed by atoms with E-state index in [9.17, 15) is 0 Å². The van der Waals surface area contributed by atoms with Gasteiger partial charge in [-0.1, -0.05) is 70.6 Å². The third-order valence-corrected chi connectivity index (χ3v) is 4.23. The van der Waals surface area contributed by atoms with E-state index >= 15 is 0 Å². The highest BCUT2D eigenvalue weighted by molar-refractivity contribution is 5.08. The molecule has 24 heavy (non-hydrogen) atoms. The molecule has 0 aliphatic heterocycles. The normalized spacial score (nSPS) is 15.5. The average Bonchev–Trinajstić information content (AvgIpc) is 2.47. The van der Waals surface area contributed by atoms with Gasteiger partial charge in [0.1, 0.15) is 0 Å². The topological polar surface area (TPSA) is 0 Å². The van der Waals surface area contributed by atoms with Gasteiger partial charge in [0.2, 0.25) is 0 Å². The van der Waals surface area contributed by atoms with E-state index in [4.69, 9.17) is 0 Å². The van der Waals surface area contributed by atoms with Crippen molar-refractivity contribution in [2.24, 2.45) is 17.3 Å². The Hall–Kier alpha value is -1.04. The zero-order valence-electron chi connectivity index (χ0n) is 17.1. The van der Waals surface area contributed by atoms with E-state index < -0.39 is 0 Å². The molecule has 0 fully saturated rings. The Morgan fingerprint density at radius 3 is 2.25 bits per heavy atom. The van der Waals surface area contributed by atoms with Gasteiger partial charge in [-0.05, 0) is 68.6 Å². The quantitative estimate of drug-likeness (QED) is 0.235. The van der Waals surface area contributed by atoms with Crippen LogP contribution in [-0.2, 0) is 0 Å². The fourth-order valence-corrected chi connectivity index (χ4v) is 3.05. The molecular formula is C24H42. The second-order valence-electron chi connectivity index (χ2n) is 8.52. The molecule has 0 saturated carbocycles. The van der Waals surface area contributed by atoms with Gasteiger partial charge in [-0.15, -0.1) is 13.2 Å². The van der Waals surface area contributed by atoms with Crippen LogP contribution in [0, 0.1) is 17.3 Å². The van der Waals surface area contributed by atoms with E-state index in [0.717, 1.165) is 12.8 Å². The first-order valence-electron chi connectivity index (χ1n) is 9.87. The lowest BCUT2D eigenvalue weighted by atomic mass is 9.86. The molecule has 0 saturated heterocycles. The molecule has 0 aromatic carbocycles. The maximum absolute atomic E-state index is 3.88. The van der Waals surface area contributed by atoms with Crippen molar-refractivity contribution < 1.29 is 0 Å². The van der Waals surface area contributed by atoms with Crippen LogP contribution in [0.4, 0.5) is 0 Å². The molecule has 138 valence electrons. The van der Waals surface area contributed by atoms with Crippen molar-refractivity contribution in [3.63, 3.8) is 0 Å². The van der Waals surface area contributed by atoms with Gasteiger partial charge in [0.15, 0.2) is 0 Å². The van der Waals surface area contributed by atoms with E-state index in [1.165, 1.54) is 38.5 Å². The zero-order valence-corrected chi connectivity index (χ0v) is 17.1. The first-order chi connectivity index (χ1) is 11.3. The molecule has 0 rings (SSSR count). The number of hydrogen-bond acceptors (Lipinski definition) is 0. The van der Waals surface area contributed by atoms with Gasteiger partial charge in [0.05, 0.1) is 0 Å². The van der Waals surface area contributed by atoms with E-state index in [1.54, 1.807) is 5.57 Å². The third kappa shape index (κ3) is 14.5. The minimum Gasteiger partial charge on any atom is -0.103 e. The lowest BCUT2D eigenvalue weighted by molar-refractivity contribution is 0.507. The van der Waals surface area contributed by atoms with Crippen LogP contribution in [0.5, 0.6) is 0 Å². The summed E-state index contributed by atoms with van der Waals surface area (Å²) in [4.78, 5) is 0. The number of allylic oxidation sites excluding steroid dienone is 6. The molecule has 2 atom stereocenters. The second-order valence-corrected chi connectivity index (χ2v) is 8.52. The minimum atomic E-state index is 0.271. The Kier molecular flexibility index (Phi) is 12.7. The lowest BCUT2D eigenvalue weighted by Gasteiger charge is -2.20. The largest absolute Gasteiger partial charge is 0.103 e. The summed E-state index contributed by atoms with van der Waals surface area (Å²) in [5.74, 6) is 1.37. The summed E-state index contributed by atoms with van der Waals surface area (Å²) in [6.07, 6.45) is 21.1. The van der Waals surface area contributed by atoms with Gasteiger partial charge in [0.25, 0.3) is 0 Å². The maximum Gasteiger partial charge on any atom is -0.0200 e. The number of hydrogen-bond donors (Lipinski definition) is 0. The molecule has 0 aromatic heterocycles. The molecule has 0 radical (unpaired) electrons. The van der Waals surface area contributed by atoms with Gasteiger partial charge in [-0.2, -0.15) is 0 Å². The highest BCUT2D eigenvalue weighted by Crippen LogP contribution is 2.27. The smallest absolute Gasteiger partial charge is 0.0200 e. The molecule has 0 amide bonds. The summed E-state index contributed by atoms with van der Waals surface area (Å²) in [6.45, 7) is 19.3. The standard InChI is InChI=1S/C24H42/c1-8-10-11-12-13-14-16-21(3)17-18-23(20-24(5,6)7)19-22(4)15-9-2/h8-9,14,16,20-22H,1-2,10-13,15,17-19H2,3-7H3. The van der Waals surface area contributed by atoms with Crippen LogP contribution in [-0.4, -0.2) is 0 Å². The molecular weight excluding hydrogens is 288 g/mol. The first kappa shape index (κ1) is 23.0. The summed E-state index contributed by atoms with van der Waals surface area (Å²) in [6, 6.07) is 0. The van der Waals surface area contributed by atoms with Crippen LogP contribution < -0.4 is 0 Å². The van der Waals surface area contributed by atoms with E-state index in [2.05, 4.69) is 72.1 Å². The van der Waals surface area contributed by atoms with Crippen LogP contribution in [0.15, 0.2) is 49.1 Å². The van der Waals surface area contributed by atoms with Crippen molar-refractivity contribution in [2.75, 3.05) is 0 Å². The van der Waals surface area contributed by atoms with Gasteiger partial charge in [0, 0.05) is 0 Å². The van der Waals surface area contributed by atoms with Crippen LogP contribution in [0.2, 0.25) is 0 Å². The molecule has 0 N–H and O–H groups in total. The maximum atomic E-state index is 3.88. The summed E-state index contributed by atoms with van der Waals surface area (Å²) < 4.78 is 0. The Bertz CT molecular complexity index is 389. The molecule has 2 unspecified atom stereocenters. The Morgan fingerprint density at radius 1 is 1.00 bits per heavy atom. The number of unbranched alkanes of at least 4 members (excludes halogenated alkanes) is 3. The molecule has 0 spiro atoms. The summed E-state index contributed by atoms with van der Waals surface area (Å²) in [7, 11) is 0. The summed E-state index contributed by atoms with van der Waals surface area (Å²) in [5, 5.41) is 0. The van der Waals surface area contributed by atoms with Crippen LogP contribution >= 0.6 is 0 Å². The minimum absolute atomic E-state index is 0.271. The SMILES string of the molecule is C=CCCCCC=CC(C)CCC(=CC(C)(C)C)CC(C)CC=C. The van der Waals surface area contributed by atoms with E-state index in [1.807, 2.05) is 6.08 Å². The summed E-state index contributed by atoms with van der Waals surface area (Å²) in [5.41, 5.74) is 1.90. The monoisotopic (exact) mass is 330 g/mol.